The number of carbonyl (C=O) groups excluding carboxylic acids is 1. The zero-order valence-corrected chi connectivity index (χ0v) is 12.7. The third-order valence-corrected chi connectivity index (χ3v) is 3.48. The molecule has 0 aliphatic heterocycles. The van der Waals surface area contributed by atoms with E-state index in [2.05, 4.69) is 15.3 Å². The number of amides is 1. The smallest absolute Gasteiger partial charge is 0.258 e. The van der Waals surface area contributed by atoms with Crippen LogP contribution in [0.1, 0.15) is 21.7 Å². The van der Waals surface area contributed by atoms with Crippen LogP contribution in [-0.4, -0.2) is 23.0 Å². The molecule has 5 nitrogen and oxygen atoms in total. The van der Waals surface area contributed by atoms with E-state index in [1.807, 2.05) is 44.2 Å². The van der Waals surface area contributed by atoms with E-state index in [0.29, 0.717) is 22.5 Å². The molecule has 0 atom stereocenters. The van der Waals surface area contributed by atoms with Gasteiger partial charge in [-0.05, 0) is 43.7 Å². The molecule has 0 spiro atoms. The highest BCUT2D eigenvalue weighted by atomic mass is 16.5. The molecule has 0 saturated carbocycles. The Balaban J connectivity index is 1.99. The molecule has 2 aromatic carbocycles. The van der Waals surface area contributed by atoms with Crippen LogP contribution in [0, 0.1) is 13.8 Å². The van der Waals surface area contributed by atoms with Gasteiger partial charge in [-0.1, -0.05) is 12.1 Å². The van der Waals surface area contributed by atoms with Crippen molar-refractivity contribution in [3.05, 3.63) is 53.3 Å². The van der Waals surface area contributed by atoms with Gasteiger partial charge in [0.1, 0.15) is 17.1 Å². The standard InChI is InChI=1S/C17H17N3O2/c1-10-7-8-15(22-3)14(9-10)20-17(21)12-5-4-6-13-16(12)19-11(2)18-13/h4-9H,1-3H3,(H,18,19)(H,20,21). The molecule has 1 heterocycles. The van der Waals surface area contributed by atoms with E-state index >= 15 is 0 Å². The summed E-state index contributed by atoms with van der Waals surface area (Å²) in [6.07, 6.45) is 0. The molecule has 0 fully saturated rings. The number of hydrogen-bond donors (Lipinski definition) is 2. The fourth-order valence-corrected chi connectivity index (χ4v) is 2.45. The zero-order valence-electron chi connectivity index (χ0n) is 12.7. The number of benzene rings is 2. The Morgan fingerprint density at radius 1 is 1.23 bits per heavy atom. The number of nitrogens with one attached hydrogen (secondary N) is 2. The third-order valence-electron chi connectivity index (χ3n) is 3.48. The van der Waals surface area contributed by atoms with Crippen LogP contribution >= 0.6 is 0 Å². The number of methoxy groups -OCH3 is 1. The number of nitrogens with zero attached hydrogens (tertiary/aromatic N) is 1. The van der Waals surface area contributed by atoms with Gasteiger partial charge in [0.15, 0.2) is 0 Å². The van der Waals surface area contributed by atoms with Crippen LogP contribution in [-0.2, 0) is 0 Å². The summed E-state index contributed by atoms with van der Waals surface area (Å²) in [4.78, 5) is 20.1. The molecule has 0 aliphatic carbocycles. The van der Waals surface area contributed by atoms with Gasteiger partial charge in [0.25, 0.3) is 5.91 Å². The second-order valence-corrected chi connectivity index (χ2v) is 5.18. The maximum absolute atomic E-state index is 12.6. The summed E-state index contributed by atoms with van der Waals surface area (Å²) in [5, 5.41) is 2.90. The monoisotopic (exact) mass is 295 g/mol. The van der Waals surface area contributed by atoms with Gasteiger partial charge < -0.3 is 15.0 Å². The summed E-state index contributed by atoms with van der Waals surface area (Å²) in [6, 6.07) is 11.2. The van der Waals surface area contributed by atoms with E-state index in [-0.39, 0.29) is 5.91 Å². The number of aromatic nitrogens is 2. The number of rotatable bonds is 3. The van der Waals surface area contributed by atoms with Crippen LogP contribution in [0.3, 0.4) is 0 Å². The fourth-order valence-electron chi connectivity index (χ4n) is 2.45. The van der Waals surface area contributed by atoms with Gasteiger partial charge in [-0.2, -0.15) is 0 Å². The SMILES string of the molecule is COc1ccc(C)cc1NC(=O)c1cccc2[nH]c(C)nc12. The van der Waals surface area contributed by atoms with Gasteiger partial charge in [-0.3, -0.25) is 4.79 Å². The predicted octanol–water partition coefficient (Wildman–Crippen LogP) is 3.44. The molecule has 1 amide bonds. The fraction of sp³-hybridized carbons (Fsp3) is 0.176. The lowest BCUT2D eigenvalue weighted by Crippen LogP contribution is -2.13. The molecule has 112 valence electrons. The number of aromatic amines is 1. The van der Waals surface area contributed by atoms with Crippen molar-refractivity contribution >= 4 is 22.6 Å². The molecule has 0 saturated heterocycles. The van der Waals surface area contributed by atoms with Gasteiger partial charge in [0, 0.05) is 0 Å². The van der Waals surface area contributed by atoms with Crippen molar-refractivity contribution in [3.63, 3.8) is 0 Å². The Morgan fingerprint density at radius 3 is 2.82 bits per heavy atom. The number of ether oxygens (including phenoxy) is 1. The van der Waals surface area contributed by atoms with Crippen molar-refractivity contribution in [2.45, 2.75) is 13.8 Å². The Bertz CT molecular complexity index is 852. The van der Waals surface area contributed by atoms with Crippen molar-refractivity contribution in [2.75, 3.05) is 12.4 Å². The number of para-hydroxylation sites is 1. The van der Waals surface area contributed by atoms with Crippen LogP contribution in [0.25, 0.3) is 11.0 Å². The van der Waals surface area contributed by atoms with Crippen molar-refractivity contribution in [1.29, 1.82) is 0 Å². The number of H-pyrrole nitrogens is 1. The third kappa shape index (κ3) is 2.53. The predicted molar refractivity (Wildman–Crippen MR) is 86.5 cm³/mol. The Morgan fingerprint density at radius 2 is 2.05 bits per heavy atom. The Hall–Kier alpha value is -2.82. The van der Waals surface area contributed by atoms with E-state index in [1.54, 1.807) is 13.2 Å². The highest BCUT2D eigenvalue weighted by molar-refractivity contribution is 6.12. The Labute approximate surface area is 128 Å². The second-order valence-electron chi connectivity index (χ2n) is 5.18. The van der Waals surface area contributed by atoms with Gasteiger partial charge in [0.05, 0.1) is 23.9 Å². The molecule has 5 heteroatoms. The van der Waals surface area contributed by atoms with Gasteiger partial charge in [-0.15, -0.1) is 0 Å². The van der Waals surface area contributed by atoms with Gasteiger partial charge >= 0.3 is 0 Å². The summed E-state index contributed by atoms with van der Waals surface area (Å²) in [6.45, 7) is 3.83. The molecule has 1 aromatic heterocycles. The minimum absolute atomic E-state index is 0.207. The van der Waals surface area contributed by atoms with Crippen LogP contribution in [0.15, 0.2) is 36.4 Å². The minimum Gasteiger partial charge on any atom is -0.495 e. The van der Waals surface area contributed by atoms with Crippen LogP contribution in [0.5, 0.6) is 5.75 Å². The minimum atomic E-state index is -0.207. The summed E-state index contributed by atoms with van der Waals surface area (Å²) in [5.74, 6) is 1.20. The van der Waals surface area contributed by atoms with E-state index in [9.17, 15) is 4.79 Å². The van der Waals surface area contributed by atoms with Crippen LogP contribution in [0.4, 0.5) is 5.69 Å². The number of carbonyl (C=O) groups is 1. The highest BCUT2D eigenvalue weighted by Gasteiger charge is 2.14. The van der Waals surface area contributed by atoms with E-state index < -0.39 is 0 Å². The molecule has 0 radical (unpaired) electrons. The number of aryl methyl sites for hydroxylation is 2. The number of anilines is 1. The van der Waals surface area contributed by atoms with Gasteiger partial charge in [-0.25, -0.2) is 4.98 Å². The molecular weight excluding hydrogens is 278 g/mol. The largest absolute Gasteiger partial charge is 0.495 e. The molecule has 3 rings (SSSR count). The summed E-state index contributed by atoms with van der Waals surface area (Å²) >= 11 is 0. The average molecular weight is 295 g/mol. The molecular formula is C17H17N3O2. The summed E-state index contributed by atoms with van der Waals surface area (Å²) in [7, 11) is 1.58. The van der Waals surface area contributed by atoms with Crippen molar-refractivity contribution < 1.29 is 9.53 Å². The molecule has 3 aromatic rings. The molecule has 2 N–H and O–H groups in total. The maximum Gasteiger partial charge on any atom is 0.258 e. The molecule has 22 heavy (non-hydrogen) atoms. The lowest BCUT2D eigenvalue weighted by molar-refractivity contribution is 0.102. The topological polar surface area (TPSA) is 67.0 Å². The lowest BCUT2D eigenvalue weighted by Gasteiger charge is -2.11. The van der Waals surface area contributed by atoms with Crippen LogP contribution in [0.2, 0.25) is 0 Å². The number of imidazole rings is 1. The first-order valence-electron chi connectivity index (χ1n) is 7.00. The normalized spacial score (nSPS) is 10.7. The van der Waals surface area contributed by atoms with Gasteiger partial charge in [0.2, 0.25) is 0 Å². The van der Waals surface area contributed by atoms with Crippen LogP contribution < -0.4 is 10.1 Å². The first-order chi connectivity index (χ1) is 10.6. The highest BCUT2D eigenvalue weighted by Crippen LogP contribution is 2.26. The first-order valence-corrected chi connectivity index (χ1v) is 7.00. The van der Waals surface area contributed by atoms with E-state index in [1.165, 1.54) is 0 Å². The van der Waals surface area contributed by atoms with Crippen molar-refractivity contribution in [3.8, 4) is 5.75 Å². The molecule has 0 unspecified atom stereocenters. The second kappa shape index (κ2) is 5.52. The Kier molecular flexibility index (Phi) is 3.55. The molecule has 0 bridgehead atoms. The molecule has 0 aliphatic rings. The number of hydrogen-bond acceptors (Lipinski definition) is 3. The summed E-state index contributed by atoms with van der Waals surface area (Å²) < 4.78 is 5.29. The number of fused-ring (bicyclic) bond motifs is 1. The average Bonchev–Trinajstić information content (AvgIpc) is 2.87. The maximum atomic E-state index is 12.6. The first kappa shape index (κ1) is 14.1. The van der Waals surface area contributed by atoms with E-state index in [0.717, 1.165) is 16.9 Å². The summed E-state index contributed by atoms with van der Waals surface area (Å²) in [5.41, 5.74) is 3.75. The zero-order chi connectivity index (χ0) is 15.7. The lowest BCUT2D eigenvalue weighted by atomic mass is 10.1. The van der Waals surface area contributed by atoms with Crippen molar-refractivity contribution in [1.82, 2.24) is 9.97 Å². The van der Waals surface area contributed by atoms with Crippen molar-refractivity contribution in [2.24, 2.45) is 0 Å². The van der Waals surface area contributed by atoms with E-state index in [4.69, 9.17) is 4.74 Å². The quantitative estimate of drug-likeness (QED) is 0.777.